The van der Waals surface area contributed by atoms with Gasteiger partial charge < -0.3 is 19.3 Å². The lowest BCUT2D eigenvalue weighted by molar-refractivity contribution is 0.0696. The van der Waals surface area contributed by atoms with Gasteiger partial charge in [0.1, 0.15) is 6.61 Å². The molecular formula is C15H15NO5. The monoisotopic (exact) mass is 289 g/mol. The van der Waals surface area contributed by atoms with Crippen LogP contribution in [0.3, 0.4) is 0 Å². The van der Waals surface area contributed by atoms with Gasteiger partial charge in [0.15, 0.2) is 11.5 Å². The number of nitrogens with zero attached hydrogens (tertiary/aromatic N) is 1. The molecule has 0 aliphatic heterocycles. The first-order valence-electron chi connectivity index (χ1n) is 6.17. The quantitative estimate of drug-likeness (QED) is 0.879. The van der Waals surface area contributed by atoms with Gasteiger partial charge in [0, 0.05) is 6.20 Å². The Morgan fingerprint density at radius 1 is 1.14 bits per heavy atom. The molecule has 1 aromatic carbocycles. The Hall–Kier alpha value is -2.76. The molecule has 2 rings (SSSR count). The summed E-state index contributed by atoms with van der Waals surface area (Å²) in [6.07, 6.45) is 1.29. The first-order valence-corrected chi connectivity index (χ1v) is 6.17. The number of hydrogen-bond acceptors (Lipinski definition) is 5. The molecule has 1 aromatic heterocycles. The van der Waals surface area contributed by atoms with Crippen molar-refractivity contribution in [3.8, 4) is 17.2 Å². The molecule has 0 aliphatic rings. The number of carboxylic acid groups (broad SMARTS) is 1. The summed E-state index contributed by atoms with van der Waals surface area (Å²) in [5.74, 6) is 0.570. The molecule has 0 fully saturated rings. The summed E-state index contributed by atoms with van der Waals surface area (Å²) in [6, 6.07) is 8.40. The van der Waals surface area contributed by atoms with E-state index in [9.17, 15) is 4.79 Å². The first-order chi connectivity index (χ1) is 10.2. The lowest BCUT2D eigenvalue weighted by atomic mass is 10.2. The zero-order chi connectivity index (χ0) is 15.2. The second-order valence-electron chi connectivity index (χ2n) is 4.12. The number of benzene rings is 1. The normalized spacial score (nSPS) is 10.0. The van der Waals surface area contributed by atoms with Gasteiger partial charge in [-0.1, -0.05) is 6.07 Å². The van der Waals surface area contributed by atoms with Crippen LogP contribution in [-0.4, -0.2) is 30.3 Å². The molecule has 6 nitrogen and oxygen atoms in total. The zero-order valence-corrected chi connectivity index (χ0v) is 11.7. The van der Waals surface area contributed by atoms with E-state index in [0.29, 0.717) is 22.9 Å². The maximum absolute atomic E-state index is 10.8. The molecule has 0 spiro atoms. The van der Waals surface area contributed by atoms with Gasteiger partial charge in [-0.25, -0.2) is 4.79 Å². The van der Waals surface area contributed by atoms with Crippen molar-refractivity contribution in [1.82, 2.24) is 4.98 Å². The summed E-state index contributed by atoms with van der Waals surface area (Å²) in [5.41, 5.74) is 0.738. The van der Waals surface area contributed by atoms with E-state index in [0.717, 1.165) is 0 Å². The van der Waals surface area contributed by atoms with Gasteiger partial charge in [-0.2, -0.15) is 0 Å². The third-order valence-corrected chi connectivity index (χ3v) is 2.82. The highest BCUT2D eigenvalue weighted by molar-refractivity contribution is 5.87. The van der Waals surface area contributed by atoms with Crippen LogP contribution in [0, 0.1) is 0 Å². The number of hydrogen-bond donors (Lipinski definition) is 1. The molecule has 0 amide bonds. The van der Waals surface area contributed by atoms with E-state index in [4.69, 9.17) is 19.3 Å². The average molecular weight is 289 g/mol. The topological polar surface area (TPSA) is 77.9 Å². The van der Waals surface area contributed by atoms with Crippen molar-refractivity contribution in [2.24, 2.45) is 0 Å². The smallest absolute Gasteiger partial charge is 0.337 e. The SMILES string of the molecule is COc1cccc(OC)c1OCc1ccc(C(=O)O)cn1. The molecule has 1 N–H and O–H groups in total. The van der Waals surface area contributed by atoms with Crippen molar-refractivity contribution in [1.29, 1.82) is 0 Å². The highest BCUT2D eigenvalue weighted by atomic mass is 16.5. The van der Waals surface area contributed by atoms with Gasteiger partial charge in [-0.05, 0) is 24.3 Å². The average Bonchev–Trinajstić information content (AvgIpc) is 2.52. The second-order valence-corrected chi connectivity index (χ2v) is 4.12. The van der Waals surface area contributed by atoms with Crippen molar-refractivity contribution in [2.45, 2.75) is 6.61 Å². The van der Waals surface area contributed by atoms with Crippen molar-refractivity contribution < 1.29 is 24.1 Å². The Labute approximate surface area is 121 Å². The number of pyridine rings is 1. The minimum absolute atomic E-state index is 0.133. The lowest BCUT2D eigenvalue weighted by Crippen LogP contribution is -2.03. The molecule has 21 heavy (non-hydrogen) atoms. The number of methoxy groups -OCH3 is 2. The summed E-state index contributed by atoms with van der Waals surface area (Å²) in [4.78, 5) is 14.8. The summed E-state index contributed by atoms with van der Waals surface area (Å²) in [7, 11) is 3.09. The molecule has 2 aromatic rings. The number of carboxylic acids is 1. The van der Waals surface area contributed by atoms with Gasteiger partial charge in [0.25, 0.3) is 0 Å². The molecule has 0 aliphatic carbocycles. The molecule has 0 saturated carbocycles. The fraction of sp³-hybridized carbons (Fsp3) is 0.200. The summed E-state index contributed by atoms with van der Waals surface area (Å²) in [6.45, 7) is 0.177. The number of ether oxygens (including phenoxy) is 3. The van der Waals surface area contributed by atoms with E-state index in [1.807, 2.05) is 0 Å². The molecule has 0 unspecified atom stereocenters. The van der Waals surface area contributed by atoms with Crippen LogP contribution in [0.1, 0.15) is 16.1 Å². The fourth-order valence-corrected chi connectivity index (χ4v) is 1.74. The maximum atomic E-state index is 10.8. The third kappa shape index (κ3) is 3.42. The Morgan fingerprint density at radius 2 is 1.81 bits per heavy atom. The zero-order valence-electron chi connectivity index (χ0n) is 11.7. The summed E-state index contributed by atoms with van der Waals surface area (Å²) >= 11 is 0. The summed E-state index contributed by atoms with van der Waals surface area (Å²) < 4.78 is 16.1. The molecule has 1 heterocycles. The molecule has 0 bridgehead atoms. The van der Waals surface area contributed by atoms with E-state index in [2.05, 4.69) is 4.98 Å². The number of aromatic nitrogens is 1. The fourth-order valence-electron chi connectivity index (χ4n) is 1.74. The van der Waals surface area contributed by atoms with E-state index in [1.54, 1.807) is 38.5 Å². The predicted octanol–water partition coefficient (Wildman–Crippen LogP) is 2.38. The highest BCUT2D eigenvalue weighted by Gasteiger charge is 2.12. The van der Waals surface area contributed by atoms with Gasteiger partial charge in [-0.15, -0.1) is 0 Å². The van der Waals surface area contributed by atoms with Crippen molar-refractivity contribution in [2.75, 3.05) is 14.2 Å². The van der Waals surface area contributed by atoms with E-state index in [1.165, 1.54) is 12.3 Å². The van der Waals surface area contributed by atoms with Crippen LogP contribution < -0.4 is 14.2 Å². The maximum Gasteiger partial charge on any atom is 0.337 e. The number of aromatic carboxylic acids is 1. The van der Waals surface area contributed by atoms with Crippen LogP contribution in [0.5, 0.6) is 17.2 Å². The van der Waals surface area contributed by atoms with Crippen LogP contribution in [0.25, 0.3) is 0 Å². The molecule has 0 radical (unpaired) electrons. The largest absolute Gasteiger partial charge is 0.493 e. The van der Waals surface area contributed by atoms with Gasteiger partial charge >= 0.3 is 5.97 Å². The van der Waals surface area contributed by atoms with Crippen molar-refractivity contribution >= 4 is 5.97 Å². The van der Waals surface area contributed by atoms with Crippen molar-refractivity contribution in [3.05, 3.63) is 47.8 Å². The van der Waals surface area contributed by atoms with Crippen molar-refractivity contribution in [3.63, 3.8) is 0 Å². The van der Waals surface area contributed by atoms with Crippen LogP contribution in [0.2, 0.25) is 0 Å². The van der Waals surface area contributed by atoms with Crippen LogP contribution >= 0.6 is 0 Å². The Balaban J connectivity index is 2.14. The van der Waals surface area contributed by atoms with E-state index in [-0.39, 0.29) is 12.2 Å². The molecule has 0 atom stereocenters. The molecule has 110 valence electrons. The third-order valence-electron chi connectivity index (χ3n) is 2.82. The Bertz CT molecular complexity index is 602. The second kappa shape index (κ2) is 6.60. The predicted molar refractivity (Wildman–Crippen MR) is 75.1 cm³/mol. The van der Waals surface area contributed by atoms with Crippen LogP contribution in [0.4, 0.5) is 0 Å². The van der Waals surface area contributed by atoms with Gasteiger partial charge in [-0.3, -0.25) is 4.98 Å². The summed E-state index contributed by atoms with van der Waals surface area (Å²) in [5, 5.41) is 8.82. The highest BCUT2D eigenvalue weighted by Crippen LogP contribution is 2.37. The Kier molecular flexibility index (Phi) is 4.61. The van der Waals surface area contributed by atoms with Crippen LogP contribution in [-0.2, 0) is 6.61 Å². The van der Waals surface area contributed by atoms with Crippen LogP contribution in [0.15, 0.2) is 36.5 Å². The van der Waals surface area contributed by atoms with Gasteiger partial charge in [0.05, 0.1) is 25.5 Å². The minimum Gasteiger partial charge on any atom is -0.493 e. The number of para-hydroxylation sites is 1. The standard InChI is InChI=1S/C15H15NO5/c1-19-12-4-3-5-13(20-2)14(12)21-9-11-7-6-10(8-16-11)15(17)18/h3-8H,9H2,1-2H3,(H,17,18). The lowest BCUT2D eigenvalue weighted by Gasteiger charge is -2.13. The molecule has 6 heteroatoms. The Morgan fingerprint density at radius 3 is 2.29 bits per heavy atom. The number of carbonyl (C=O) groups is 1. The molecule has 0 saturated heterocycles. The van der Waals surface area contributed by atoms with E-state index < -0.39 is 5.97 Å². The van der Waals surface area contributed by atoms with E-state index >= 15 is 0 Å². The minimum atomic E-state index is -1.01. The first kappa shape index (κ1) is 14.6. The van der Waals surface area contributed by atoms with Gasteiger partial charge in [0.2, 0.25) is 5.75 Å². The molecular weight excluding hydrogens is 274 g/mol. The number of rotatable bonds is 6.